The van der Waals surface area contributed by atoms with Crippen molar-refractivity contribution >= 4 is 14.0 Å². The molecule has 0 radical (unpaired) electrons. The zero-order valence-corrected chi connectivity index (χ0v) is 10.6. The lowest BCUT2D eigenvalue weighted by molar-refractivity contribution is -0.119. The molecule has 0 spiro atoms. The normalized spacial score (nSPS) is 11.1. The molecule has 0 rings (SSSR count). The smallest absolute Gasteiger partial charge is 0.248 e. The van der Waals surface area contributed by atoms with Crippen molar-refractivity contribution in [2.75, 3.05) is 13.3 Å². The van der Waals surface area contributed by atoms with E-state index in [4.69, 9.17) is 4.74 Å². The van der Waals surface area contributed by atoms with Crippen LogP contribution in [0.25, 0.3) is 0 Å². The molecule has 0 bridgehead atoms. The van der Waals surface area contributed by atoms with Gasteiger partial charge in [-0.15, -0.1) is 0 Å². The lowest BCUT2D eigenvalue weighted by atomic mass is 10.3. The molecule has 0 aliphatic rings. The minimum absolute atomic E-state index is 0.141. The molecule has 14 heavy (non-hydrogen) atoms. The highest BCUT2D eigenvalue weighted by Crippen LogP contribution is 2.06. The van der Waals surface area contributed by atoms with Crippen LogP contribution in [-0.4, -0.2) is 27.3 Å². The van der Waals surface area contributed by atoms with Gasteiger partial charge in [-0.25, -0.2) is 0 Å². The Bertz CT molecular complexity index is 209. The van der Waals surface area contributed by atoms with E-state index >= 15 is 0 Å². The zero-order chi connectivity index (χ0) is 11.2. The van der Waals surface area contributed by atoms with E-state index in [1.165, 1.54) is 0 Å². The average Bonchev–Trinajstić information content (AvgIpc) is 2.01. The van der Waals surface area contributed by atoms with Gasteiger partial charge in [0.25, 0.3) is 0 Å². The van der Waals surface area contributed by atoms with Gasteiger partial charge in [0.15, 0.2) is 0 Å². The minimum Gasteiger partial charge on any atom is -0.362 e. The highest BCUT2D eigenvalue weighted by atomic mass is 28.3. The Balaban J connectivity index is 3.39. The molecule has 0 aromatic heterocycles. The maximum absolute atomic E-state index is 11.0. The molecule has 0 aliphatic carbocycles. The van der Waals surface area contributed by atoms with Crippen molar-refractivity contribution in [2.24, 2.45) is 0 Å². The summed E-state index contributed by atoms with van der Waals surface area (Å²) < 4.78 is 5.29. The second-order valence-corrected chi connectivity index (χ2v) is 10.3. The Morgan fingerprint density at radius 3 is 2.43 bits per heavy atom. The molecule has 0 unspecified atom stereocenters. The van der Waals surface area contributed by atoms with Crippen LogP contribution in [0.5, 0.6) is 0 Å². The van der Waals surface area contributed by atoms with E-state index in [0.717, 1.165) is 12.7 Å². The first kappa shape index (κ1) is 13.4. The number of ether oxygens (including phenoxy) is 1. The van der Waals surface area contributed by atoms with Crippen molar-refractivity contribution in [1.29, 1.82) is 0 Å². The number of hydrogen-bond acceptors (Lipinski definition) is 2. The van der Waals surface area contributed by atoms with Gasteiger partial charge >= 0.3 is 0 Å². The Morgan fingerprint density at radius 2 is 2.00 bits per heavy atom. The number of amides is 1. The Hall–Kier alpha value is -0.613. The van der Waals surface area contributed by atoms with Gasteiger partial charge in [0.1, 0.15) is 6.73 Å². The molecule has 0 aliphatic heterocycles. The summed E-state index contributed by atoms with van der Waals surface area (Å²) in [4.78, 5) is 11.0. The van der Waals surface area contributed by atoms with Crippen LogP contribution in [-0.2, 0) is 9.53 Å². The monoisotopic (exact) mass is 215 g/mol. The van der Waals surface area contributed by atoms with Crippen molar-refractivity contribution in [3.63, 3.8) is 0 Å². The molecule has 0 saturated carbocycles. The highest BCUT2D eigenvalue weighted by Gasteiger charge is 2.11. The van der Waals surface area contributed by atoms with Crippen LogP contribution in [0.15, 0.2) is 12.2 Å². The second kappa shape index (κ2) is 5.98. The van der Waals surface area contributed by atoms with Gasteiger partial charge in [0.05, 0.1) is 0 Å². The molecule has 0 atom stereocenters. The van der Waals surface area contributed by atoms with Gasteiger partial charge in [0, 0.05) is 20.3 Å². The van der Waals surface area contributed by atoms with Gasteiger partial charge in [-0.2, -0.15) is 0 Å². The van der Waals surface area contributed by atoms with Gasteiger partial charge in [-0.1, -0.05) is 26.2 Å². The van der Waals surface area contributed by atoms with E-state index in [9.17, 15) is 4.79 Å². The van der Waals surface area contributed by atoms with Crippen molar-refractivity contribution in [2.45, 2.75) is 32.6 Å². The quantitative estimate of drug-likeness (QED) is 0.318. The third kappa shape index (κ3) is 8.01. The molecule has 1 amide bonds. The molecule has 1 N–H and O–H groups in total. The van der Waals surface area contributed by atoms with Gasteiger partial charge in [0.2, 0.25) is 5.91 Å². The maximum atomic E-state index is 11.0. The van der Waals surface area contributed by atoms with Crippen LogP contribution in [0.4, 0.5) is 0 Å². The first-order valence-electron chi connectivity index (χ1n) is 4.84. The van der Waals surface area contributed by atoms with E-state index < -0.39 is 8.07 Å². The van der Waals surface area contributed by atoms with Crippen molar-refractivity contribution < 1.29 is 9.53 Å². The molecule has 0 aromatic rings. The topological polar surface area (TPSA) is 38.3 Å². The van der Waals surface area contributed by atoms with Crippen LogP contribution in [0.2, 0.25) is 25.7 Å². The lowest BCUT2D eigenvalue weighted by Gasteiger charge is -2.15. The summed E-state index contributed by atoms with van der Waals surface area (Å²) in [5.74, 6) is -0.141. The zero-order valence-electron chi connectivity index (χ0n) is 9.64. The number of nitrogens with one attached hydrogen (secondary N) is 1. The largest absolute Gasteiger partial charge is 0.362 e. The Labute approximate surface area is 87.5 Å². The molecule has 0 aromatic carbocycles. The summed E-state index contributed by atoms with van der Waals surface area (Å²) in [7, 11) is -1.01. The second-order valence-electron chi connectivity index (χ2n) is 4.65. The van der Waals surface area contributed by atoms with Crippen molar-refractivity contribution in [1.82, 2.24) is 5.32 Å². The van der Waals surface area contributed by atoms with Gasteiger partial charge < -0.3 is 10.1 Å². The van der Waals surface area contributed by atoms with Crippen LogP contribution >= 0.6 is 0 Å². The third-order valence-corrected chi connectivity index (χ3v) is 3.42. The first-order valence-corrected chi connectivity index (χ1v) is 8.55. The van der Waals surface area contributed by atoms with E-state index in [0.29, 0.717) is 5.57 Å². The van der Waals surface area contributed by atoms with Gasteiger partial charge in [-0.05, 0) is 13.0 Å². The van der Waals surface area contributed by atoms with Crippen LogP contribution in [0, 0.1) is 0 Å². The number of rotatable bonds is 6. The fraction of sp³-hybridized carbons (Fsp3) is 0.700. The maximum Gasteiger partial charge on any atom is 0.248 e. The van der Waals surface area contributed by atoms with E-state index in [1.54, 1.807) is 6.92 Å². The Morgan fingerprint density at radius 1 is 1.43 bits per heavy atom. The fourth-order valence-corrected chi connectivity index (χ4v) is 1.47. The summed E-state index contributed by atoms with van der Waals surface area (Å²) in [6.07, 6.45) is 0. The van der Waals surface area contributed by atoms with E-state index in [1.807, 2.05) is 0 Å². The molecule has 0 heterocycles. The van der Waals surface area contributed by atoms with E-state index in [-0.39, 0.29) is 12.6 Å². The molecule has 3 nitrogen and oxygen atoms in total. The number of hydrogen-bond donors (Lipinski definition) is 1. The average molecular weight is 215 g/mol. The van der Waals surface area contributed by atoms with Crippen molar-refractivity contribution in [3.8, 4) is 0 Å². The predicted molar refractivity (Wildman–Crippen MR) is 61.9 cm³/mol. The molecule has 0 fully saturated rings. The van der Waals surface area contributed by atoms with Crippen LogP contribution in [0.3, 0.4) is 0 Å². The standard InChI is InChI=1S/C10H21NO2Si/c1-9(2)10(12)11-8-13-6-7-14(3,4)5/h1,6-8H2,2-5H3,(H,11,12). The number of carbonyl (C=O) groups is 1. The van der Waals surface area contributed by atoms with Crippen molar-refractivity contribution in [3.05, 3.63) is 12.2 Å². The number of carbonyl (C=O) groups excluding carboxylic acids is 1. The first-order chi connectivity index (χ1) is 6.33. The van der Waals surface area contributed by atoms with E-state index in [2.05, 4.69) is 31.5 Å². The molecule has 82 valence electrons. The summed E-state index contributed by atoms with van der Waals surface area (Å²) in [6.45, 7) is 13.1. The van der Waals surface area contributed by atoms with Gasteiger partial charge in [-0.3, -0.25) is 4.79 Å². The Kier molecular flexibility index (Phi) is 5.72. The summed E-state index contributed by atoms with van der Waals surface area (Å²) in [5, 5.41) is 2.62. The SMILES string of the molecule is C=C(C)C(=O)NCOCC[Si](C)(C)C. The molecular weight excluding hydrogens is 194 g/mol. The molecule has 0 saturated heterocycles. The third-order valence-electron chi connectivity index (χ3n) is 1.72. The lowest BCUT2D eigenvalue weighted by Crippen LogP contribution is -2.28. The molecule has 4 heteroatoms. The fourth-order valence-electron chi connectivity index (χ4n) is 0.718. The molecular formula is C10H21NO2Si. The van der Waals surface area contributed by atoms with Crippen LogP contribution < -0.4 is 5.32 Å². The summed E-state index contributed by atoms with van der Waals surface area (Å²) in [5.41, 5.74) is 0.513. The predicted octanol–water partition coefficient (Wildman–Crippen LogP) is 1.99. The van der Waals surface area contributed by atoms with Crippen LogP contribution in [0.1, 0.15) is 6.92 Å². The highest BCUT2D eigenvalue weighted by molar-refractivity contribution is 6.76. The summed E-state index contributed by atoms with van der Waals surface area (Å²) >= 11 is 0. The minimum atomic E-state index is -1.01. The summed E-state index contributed by atoms with van der Waals surface area (Å²) in [6, 6.07) is 1.12.